The van der Waals surface area contributed by atoms with Crippen LogP contribution in [0.1, 0.15) is 38.2 Å². The highest BCUT2D eigenvalue weighted by molar-refractivity contribution is 9.22. The molecule has 0 bridgehead atoms. The molecule has 0 spiro atoms. The standard InChI is InChI=1S/C12H18O2.C9H7NO.BrCl/c1-2-3-4-5-6-10-7-8-11(13)9-12(10)14;11-8-5-1-3-7-4-2-6-10-9(7)8;1-2/h7-9,13-14H,2-6H2,1H3;1-6,11H;. The van der Waals surface area contributed by atoms with E-state index < -0.39 is 0 Å². The maximum atomic E-state index is 9.49. The predicted octanol–water partition coefficient (Wildman–Crippen LogP) is 6.70. The fourth-order valence-corrected chi connectivity index (χ4v) is 2.59. The molecule has 0 amide bonds. The first-order valence-electron chi connectivity index (χ1n) is 8.79. The van der Waals surface area contributed by atoms with Gasteiger partial charge in [0.15, 0.2) is 0 Å². The Morgan fingerprint density at radius 1 is 0.889 bits per heavy atom. The third-order valence-electron chi connectivity index (χ3n) is 3.98. The van der Waals surface area contributed by atoms with Gasteiger partial charge in [-0.05, 0) is 46.7 Å². The van der Waals surface area contributed by atoms with E-state index in [-0.39, 0.29) is 17.2 Å². The molecule has 1 heterocycles. The zero-order chi connectivity index (χ0) is 20.1. The average molecular weight is 455 g/mol. The van der Waals surface area contributed by atoms with Crippen LogP contribution in [0, 0.1) is 0 Å². The molecule has 2 aromatic carbocycles. The molecule has 146 valence electrons. The molecule has 0 aliphatic rings. The molecule has 1 aromatic heterocycles. The average Bonchev–Trinajstić information content (AvgIpc) is 2.69. The lowest BCUT2D eigenvalue weighted by Crippen LogP contribution is -1.86. The molecule has 0 unspecified atom stereocenters. The highest BCUT2D eigenvalue weighted by Crippen LogP contribution is 2.24. The van der Waals surface area contributed by atoms with Gasteiger partial charge in [-0.2, -0.15) is 0 Å². The van der Waals surface area contributed by atoms with Crippen molar-refractivity contribution in [3.05, 3.63) is 60.3 Å². The van der Waals surface area contributed by atoms with Crippen molar-refractivity contribution in [3.8, 4) is 17.2 Å². The number of aryl methyl sites for hydroxylation is 1. The second-order valence-electron chi connectivity index (χ2n) is 5.98. The summed E-state index contributed by atoms with van der Waals surface area (Å²) < 4.78 is 0. The molecule has 0 saturated carbocycles. The van der Waals surface area contributed by atoms with Crippen molar-refractivity contribution in [3.63, 3.8) is 0 Å². The molecule has 0 saturated heterocycles. The molecule has 27 heavy (non-hydrogen) atoms. The number of rotatable bonds is 5. The molecular formula is C21H25BrClNO3. The molecule has 0 aliphatic carbocycles. The van der Waals surface area contributed by atoms with Gasteiger partial charge in [0.2, 0.25) is 0 Å². The van der Waals surface area contributed by atoms with E-state index in [1.54, 1.807) is 30.5 Å². The molecule has 0 fully saturated rings. The molecule has 6 heteroatoms. The monoisotopic (exact) mass is 453 g/mol. The lowest BCUT2D eigenvalue weighted by molar-refractivity contribution is 0.445. The van der Waals surface area contributed by atoms with Crippen LogP contribution in [-0.4, -0.2) is 20.3 Å². The Morgan fingerprint density at radius 2 is 1.63 bits per heavy atom. The van der Waals surface area contributed by atoms with Crippen LogP contribution in [0.25, 0.3) is 10.9 Å². The number of hydrogen-bond acceptors (Lipinski definition) is 4. The molecular weight excluding hydrogens is 430 g/mol. The summed E-state index contributed by atoms with van der Waals surface area (Å²) in [7, 11) is 4.45. The number of halogens is 2. The summed E-state index contributed by atoms with van der Waals surface area (Å²) in [6, 6.07) is 13.9. The van der Waals surface area contributed by atoms with Crippen molar-refractivity contribution in [2.75, 3.05) is 0 Å². The number of pyridine rings is 1. The minimum atomic E-state index is 0.125. The second-order valence-corrected chi connectivity index (χ2v) is 5.98. The smallest absolute Gasteiger partial charge is 0.141 e. The van der Waals surface area contributed by atoms with Crippen LogP contribution in [0.3, 0.4) is 0 Å². The van der Waals surface area contributed by atoms with E-state index >= 15 is 0 Å². The van der Waals surface area contributed by atoms with Gasteiger partial charge in [-0.1, -0.05) is 50.5 Å². The number of aromatic nitrogens is 1. The molecule has 3 rings (SSSR count). The summed E-state index contributed by atoms with van der Waals surface area (Å²) in [5.41, 5.74) is 1.59. The normalized spacial score (nSPS) is 9.74. The van der Waals surface area contributed by atoms with E-state index in [2.05, 4.69) is 37.0 Å². The molecule has 3 aromatic rings. The quantitative estimate of drug-likeness (QED) is 0.375. The van der Waals surface area contributed by atoms with E-state index in [0.717, 1.165) is 23.8 Å². The minimum Gasteiger partial charge on any atom is -0.508 e. The van der Waals surface area contributed by atoms with Gasteiger partial charge in [0, 0.05) is 32.7 Å². The molecule has 3 N–H and O–H groups in total. The Balaban J connectivity index is 0.000000252. The number of benzene rings is 2. The van der Waals surface area contributed by atoms with Crippen LogP contribution in [0.15, 0.2) is 54.7 Å². The van der Waals surface area contributed by atoms with Crippen molar-refractivity contribution >= 4 is 36.0 Å². The van der Waals surface area contributed by atoms with E-state index in [1.807, 2.05) is 18.2 Å². The Labute approximate surface area is 172 Å². The second kappa shape index (κ2) is 13.2. The topological polar surface area (TPSA) is 73.6 Å². The zero-order valence-electron chi connectivity index (χ0n) is 15.3. The van der Waals surface area contributed by atoms with Gasteiger partial charge < -0.3 is 15.3 Å². The molecule has 4 nitrogen and oxygen atoms in total. The van der Waals surface area contributed by atoms with Gasteiger partial charge in [0.25, 0.3) is 0 Å². The van der Waals surface area contributed by atoms with Crippen molar-refractivity contribution in [1.29, 1.82) is 0 Å². The number of fused-ring (bicyclic) bond motifs is 1. The summed E-state index contributed by atoms with van der Waals surface area (Å²) in [6.07, 6.45) is 7.34. The largest absolute Gasteiger partial charge is 0.508 e. The first kappa shape index (κ1) is 23.1. The number of hydrogen-bond donors (Lipinski definition) is 3. The van der Waals surface area contributed by atoms with Crippen LogP contribution in [-0.2, 0) is 6.42 Å². The summed E-state index contributed by atoms with van der Waals surface area (Å²) >= 11 is 2.41. The lowest BCUT2D eigenvalue weighted by atomic mass is 10.1. The number of phenolic OH excluding ortho intramolecular Hbond substituents is 3. The van der Waals surface area contributed by atoms with Crippen molar-refractivity contribution in [1.82, 2.24) is 4.98 Å². The Kier molecular flexibility index (Phi) is 11.3. The van der Waals surface area contributed by atoms with E-state index in [0.29, 0.717) is 5.52 Å². The molecule has 0 radical (unpaired) electrons. The Hall–Kier alpha value is -1.98. The maximum absolute atomic E-state index is 9.49. The van der Waals surface area contributed by atoms with Crippen LogP contribution >= 0.6 is 25.1 Å². The number of para-hydroxylation sites is 1. The lowest BCUT2D eigenvalue weighted by Gasteiger charge is -2.04. The highest BCUT2D eigenvalue weighted by atomic mass is 79.9. The SMILES string of the molecule is CCCCCCc1ccc(O)cc1O.ClBr.Oc1cccc2cccnc12. The first-order chi connectivity index (χ1) is 13.1. The summed E-state index contributed by atoms with van der Waals surface area (Å²) in [5, 5.41) is 28.8. The number of aromatic hydroxyl groups is 3. The third kappa shape index (κ3) is 8.06. The van der Waals surface area contributed by atoms with E-state index in [1.165, 1.54) is 25.3 Å². The number of unbranched alkanes of at least 4 members (excludes halogenated alkanes) is 3. The van der Waals surface area contributed by atoms with Gasteiger partial charge in [-0.3, -0.25) is 4.98 Å². The third-order valence-corrected chi connectivity index (χ3v) is 3.98. The fourth-order valence-electron chi connectivity index (χ4n) is 2.59. The van der Waals surface area contributed by atoms with Gasteiger partial charge in [-0.15, -0.1) is 0 Å². The summed E-state index contributed by atoms with van der Waals surface area (Å²) in [6.45, 7) is 2.18. The maximum Gasteiger partial charge on any atom is 0.141 e. The Bertz CT molecular complexity index is 809. The van der Waals surface area contributed by atoms with Crippen LogP contribution < -0.4 is 0 Å². The van der Waals surface area contributed by atoms with E-state index in [4.69, 9.17) is 5.11 Å². The first-order valence-corrected chi connectivity index (χ1v) is 10.9. The molecule has 0 aliphatic heterocycles. The van der Waals surface area contributed by atoms with Crippen LogP contribution in [0.2, 0.25) is 0 Å². The van der Waals surface area contributed by atoms with Crippen molar-refractivity contribution in [2.24, 2.45) is 0 Å². The van der Waals surface area contributed by atoms with E-state index in [9.17, 15) is 10.2 Å². The van der Waals surface area contributed by atoms with Crippen LogP contribution in [0.4, 0.5) is 0 Å². The Morgan fingerprint density at radius 3 is 2.30 bits per heavy atom. The zero-order valence-corrected chi connectivity index (χ0v) is 17.6. The van der Waals surface area contributed by atoms with Crippen molar-refractivity contribution in [2.45, 2.75) is 39.0 Å². The van der Waals surface area contributed by atoms with Crippen molar-refractivity contribution < 1.29 is 15.3 Å². The number of nitrogens with zero attached hydrogens (tertiary/aromatic N) is 1. The van der Waals surface area contributed by atoms with Crippen LogP contribution in [0.5, 0.6) is 17.2 Å². The van der Waals surface area contributed by atoms with Gasteiger partial charge in [0.05, 0.1) is 0 Å². The summed E-state index contributed by atoms with van der Waals surface area (Å²) in [5.74, 6) is 0.574. The predicted molar refractivity (Wildman–Crippen MR) is 116 cm³/mol. The molecule has 0 atom stereocenters. The van der Waals surface area contributed by atoms with Gasteiger partial charge in [-0.25, -0.2) is 0 Å². The summed E-state index contributed by atoms with van der Waals surface area (Å²) in [4.78, 5) is 4.03. The fraction of sp³-hybridized carbons (Fsp3) is 0.286. The van der Waals surface area contributed by atoms with Gasteiger partial charge in [0.1, 0.15) is 22.8 Å². The number of phenols is 3. The van der Waals surface area contributed by atoms with Gasteiger partial charge >= 0.3 is 0 Å². The minimum absolute atomic E-state index is 0.125. The highest BCUT2D eigenvalue weighted by Gasteiger charge is 2.01.